The molecule has 2 aliphatic heterocycles. The summed E-state index contributed by atoms with van der Waals surface area (Å²) < 4.78 is 14.8. The van der Waals surface area contributed by atoms with Crippen LogP contribution in [0.1, 0.15) is 11.3 Å². The minimum absolute atomic E-state index is 0.119. The molecule has 5 rings (SSSR count). The molecule has 2 bridgehead atoms. The van der Waals surface area contributed by atoms with Crippen molar-refractivity contribution in [1.29, 1.82) is 0 Å². The summed E-state index contributed by atoms with van der Waals surface area (Å²) in [6, 6.07) is 20.9. The van der Waals surface area contributed by atoms with Gasteiger partial charge in [0.2, 0.25) is 5.79 Å². The Balaban J connectivity index is 1.82. The van der Waals surface area contributed by atoms with Gasteiger partial charge in [0.1, 0.15) is 6.10 Å². The van der Waals surface area contributed by atoms with Crippen molar-refractivity contribution in [2.75, 3.05) is 6.61 Å². The quantitative estimate of drug-likeness (QED) is 0.681. The molecule has 0 amide bonds. The van der Waals surface area contributed by atoms with E-state index in [0.717, 1.165) is 17.8 Å². The molecule has 21 heavy (non-hydrogen) atoms. The second kappa shape index (κ2) is 3.97. The Hall–Kier alpha value is -2.10. The number of hydrogen-bond acceptors (Lipinski definition) is 2. The lowest BCUT2D eigenvalue weighted by molar-refractivity contribution is -0.159. The van der Waals surface area contributed by atoms with E-state index in [0.29, 0.717) is 6.61 Å². The van der Waals surface area contributed by atoms with E-state index in [4.69, 9.17) is 9.47 Å². The number of benzene rings is 2. The normalized spacial score (nSPS) is 27.0. The molecule has 3 nitrogen and oxygen atoms in total. The molecular weight excluding hydrogens is 262 g/mol. The Morgan fingerprint density at radius 3 is 2.71 bits per heavy atom. The van der Waals surface area contributed by atoms with E-state index in [9.17, 15) is 0 Å². The highest BCUT2D eigenvalue weighted by Gasteiger charge is 2.50. The second-order valence-corrected chi connectivity index (χ2v) is 5.73. The first-order valence-corrected chi connectivity index (χ1v) is 7.33. The van der Waals surface area contributed by atoms with Gasteiger partial charge in [-0.25, -0.2) is 0 Å². The topological polar surface area (TPSA) is 23.4 Å². The molecule has 2 unspecified atom stereocenters. The summed E-state index contributed by atoms with van der Waals surface area (Å²) in [5.41, 5.74) is 3.42. The van der Waals surface area contributed by atoms with Crippen LogP contribution in [0, 0.1) is 0 Å². The number of aromatic nitrogens is 1. The highest BCUT2D eigenvalue weighted by molar-refractivity contribution is 5.82. The highest BCUT2D eigenvalue weighted by Crippen LogP contribution is 2.46. The van der Waals surface area contributed by atoms with Crippen molar-refractivity contribution in [3.8, 4) is 0 Å². The molecule has 0 N–H and O–H groups in total. The van der Waals surface area contributed by atoms with Gasteiger partial charge in [0.05, 0.1) is 18.8 Å². The average Bonchev–Trinajstić information content (AvgIpc) is 3.10. The van der Waals surface area contributed by atoms with Crippen molar-refractivity contribution in [2.45, 2.75) is 18.4 Å². The Morgan fingerprint density at radius 1 is 1.00 bits per heavy atom. The van der Waals surface area contributed by atoms with Crippen LogP contribution in [-0.2, 0) is 21.8 Å². The Kier molecular flexibility index (Phi) is 2.18. The highest BCUT2D eigenvalue weighted by atomic mass is 16.7. The maximum absolute atomic E-state index is 6.28. The summed E-state index contributed by atoms with van der Waals surface area (Å²) in [7, 11) is 0. The monoisotopic (exact) mass is 277 g/mol. The molecular formula is C18H15NO2. The minimum atomic E-state index is -0.747. The van der Waals surface area contributed by atoms with Crippen LogP contribution in [-0.4, -0.2) is 17.3 Å². The first-order valence-electron chi connectivity index (χ1n) is 7.33. The van der Waals surface area contributed by atoms with Gasteiger partial charge < -0.3 is 14.0 Å². The smallest absolute Gasteiger partial charge is 0.238 e. The molecule has 3 heterocycles. The number of fused-ring (bicyclic) bond motifs is 6. The zero-order valence-corrected chi connectivity index (χ0v) is 11.5. The first-order chi connectivity index (χ1) is 10.4. The van der Waals surface area contributed by atoms with Crippen molar-refractivity contribution in [1.82, 2.24) is 4.57 Å². The predicted molar refractivity (Wildman–Crippen MR) is 80.0 cm³/mol. The molecule has 2 atom stereocenters. The largest absolute Gasteiger partial charge is 0.338 e. The van der Waals surface area contributed by atoms with Crippen LogP contribution in [0.2, 0.25) is 0 Å². The fourth-order valence-electron chi connectivity index (χ4n) is 3.58. The van der Waals surface area contributed by atoms with Crippen molar-refractivity contribution in [3.05, 3.63) is 71.9 Å². The van der Waals surface area contributed by atoms with E-state index in [1.807, 2.05) is 18.2 Å². The molecule has 3 aromatic rings. The standard InChI is InChI=1S/C18H15NO2/c1-2-7-14(8-3-1)18-17-10-13-6-4-5-9-16(13)19(17)11-15(21-18)12-20-18/h1-10,15H,11-12H2. The van der Waals surface area contributed by atoms with Crippen LogP contribution in [0.5, 0.6) is 0 Å². The molecule has 0 saturated carbocycles. The van der Waals surface area contributed by atoms with Crippen LogP contribution >= 0.6 is 0 Å². The molecule has 2 aliphatic rings. The maximum atomic E-state index is 6.28. The van der Waals surface area contributed by atoms with Gasteiger partial charge in [-0.05, 0) is 12.1 Å². The number of ether oxygens (including phenoxy) is 2. The number of rotatable bonds is 1. The van der Waals surface area contributed by atoms with Crippen LogP contribution in [0.3, 0.4) is 0 Å². The molecule has 104 valence electrons. The van der Waals surface area contributed by atoms with Gasteiger partial charge in [0.15, 0.2) is 0 Å². The lowest BCUT2D eigenvalue weighted by Gasteiger charge is -2.33. The van der Waals surface area contributed by atoms with Crippen molar-refractivity contribution < 1.29 is 9.47 Å². The fourth-order valence-corrected chi connectivity index (χ4v) is 3.58. The van der Waals surface area contributed by atoms with Crippen LogP contribution in [0.25, 0.3) is 10.9 Å². The lowest BCUT2D eigenvalue weighted by atomic mass is 10.0. The number of para-hydroxylation sites is 1. The molecule has 0 aliphatic carbocycles. The van der Waals surface area contributed by atoms with Gasteiger partial charge in [-0.1, -0.05) is 48.5 Å². The fraction of sp³-hybridized carbons (Fsp3) is 0.222. The van der Waals surface area contributed by atoms with E-state index in [1.54, 1.807) is 0 Å². The van der Waals surface area contributed by atoms with Crippen molar-refractivity contribution >= 4 is 10.9 Å². The maximum Gasteiger partial charge on any atom is 0.238 e. The Morgan fingerprint density at radius 2 is 1.81 bits per heavy atom. The van der Waals surface area contributed by atoms with Gasteiger partial charge >= 0.3 is 0 Å². The molecule has 2 aromatic carbocycles. The van der Waals surface area contributed by atoms with Crippen LogP contribution in [0.15, 0.2) is 60.7 Å². The summed E-state index contributed by atoms with van der Waals surface area (Å²) in [4.78, 5) is 0. The zero-order chi connectivity index (χ0) is 13.9. The van der Waals surface area contributed by atoms with E-state index in [1.165, 1.54) is 10.9 Å². The third-order valence-electron chi connectivity index (χ3n) is 4.49. The SMILES string of the molecule is c1ccc(C23OCC(Cn4c2cc2ccccc24)O3)cc1. The van der Waals surface area contributed by atoms with Gasteiger partial charge in [-0.2, -0.15) is 0 Å². The summed E-state index contributed by atoms with van der Waals surface area (Å²) in [6.07, 6.45) is 0.119. The average molecular weight is 277 g/mol. The zero-order valence-electron chi connectivity index (χ0n) is 11.5. The van der Waals surface area contributed by atoms with Gasteiger partial charge in [-0.15, -0.1) is 0 Å². The summed E-state index contributed by atoms with van der Waals surface area (Å²) in [5.74, 6) is -0.747. The lowest BCUT2D eigenvalue weighted by Crippen LogP contribution is -2.37. The van der Waals surface area contributed by atoms with Crippen LogP contribution in [0.4, 0.5) is 0 Å². The molecule has 1 fully saturated rings. The van der Waals surface area contributed by atoms with E-state index in [2.05, 4.69) is 47.0 Å². The van der Waals surface area contributed by atoms with E-state index in [-0.39, 0.29) is 6.10 Å². The predicted octanol–water partition coefficient (Wildman–Crippen LogP) is 3.27. The molecule has 1 aromatic heterocycles. The summed E-state index contributed by atoms with van der Waals surface area (Å²) in [5, 5.41) is 1.24. The van der Waals surface area contributed by atoms with Gasteiger partial charge in [0.25, 0.3) is 0 Å². The van der Waals surface area contributed by atoms with Crippen LogP contribution < -0.4 is 0 Å². The first kappa shape index (κ1) is 11.5. The molecule has 1 saturated heterocycles. The summed E-state index contributed by atoms with van der Waals surface area (Å²) >= 11 is 0. The number of hydrogen-bond donors (Lipinski definition) is 0. The third-order valence-corrected chi connectivity index (χ3v) is 4.49. The Bertz CT molecular complexity index is 824. The number of nitrogens with zero attached hydrogens (tertiary/aromatic N) is 1. The Labute approximate surface area is 122 Å². The second-order valence-electron chi connectivity index (χ2n) is 5.73. The molecule has 0 spiro atoms. The van der Waals surface area contributed by atoms with E-state index < -0.39 is 5.79 Å². The van der Waals surface area contributed by atoms with Gasteiger partial charge in [-0.3, -0.25) is 0 Å². The third kappa shape index (κ3) is 1.45. The summed E-state index contributed by atoms with van der Waals surface area (Å²) in [6.45, 7) is 1.50. The van der Waals surface area contributed by atoms with Crippen molar-refractivity contribution in [3.63, 3.8) is 0 Å². The minimum Gasteiger partial charge on any atom is -0.338 e. The molecule has 3 heteroatoms. The van der Waals surface area contributed by atoms with Gasteiger partial charge in [0, 0.05) is 16.5 Å². The van der Waals surface area contributed by atoms with Crippen molar-refractivity contribution in [2.24, 2.45) is 0 Å². The van der Waals surface area contributed by atoms with E-state index >= 15 is 0 Å². The molecule has 0 radical (unpaired) electrons.